The highest BCUT2D eigenvalue weighted by atomic mass is 16.5. The molecule has 138 valence electrons. The van der Waals surface area contributed by atoms with Crippen molar-refractivity contribution >= 4 is 17.5 Å². The van der Waals surface area contributed by atoms with Crippen molar-refractivity contribution in [1.82, 2.24) is 9.80 Å². The third kappa shape index (κ3) is 7.97. The summed E-state index contributed by atoms with van der Waals surface area (Å²) in [4.78, 5) is 15.3. The van der Waals surface area contributed by atoms with E-state index in [1.54, 1.807) is 12.1 Å². The molecule has 0 saturated carbocycles. The van der Waals surface area contributed by atoms with Gasteiger partial charge in [0.1, 0.15) is 5.84 Å². The third-order valence-electron chi connectivity index (χ3n) is 2.99. The predicted octanol–water partition coefficient (Wildman–Crippen LogP) is 2.93. The Morgan fingerprint density at radius 2 is 1.67 bits per heavy atom. The van der Waals surface area contributed by atoms with E-state index in [0.717, 1.165) is 13.1 Å². The average molecular weight is 338 g/mol. The van der Waals surface area contributed by atoms with Crippen molar-refractivity contribution in [3.8, 4) is 0 Å². The first-order chi connectivity index (χ1) is 11.4. The van der Waals surface area contributed by atoms with Gasteiger partial charge in [-0.15, -0.1) is 0 Å². The van der Waals surface area contributed by atoms with Gasteiger partial charge in [-0.1, -0.05) is 27.7 Å². The minimum Gasteiger partial charge on any atom is -0.465 e. The number of rotatable bonds is 5. The molecule has 0 radical (unpaired) electrons. The summed E-state index contributed by atoms with van der Waals surface area (Å²) in [5.74, 6) is -0.100. The highest BCUT2D eigenvalue weighted by Gasteiger charge is 2.13. The summed E-state index contributed by atoms with van der Waals surface area (Å²) >= 11 is 0. The normalized spacial score (nSPS) is 9.21. The molecular weight excluding hydrogens is 304 g/mol. The van der Waals surface area contributed by atoms with E-state index in [1.807, 2.05) is 58.6 Å². The molecule has 1 aromatic rings. The zero-order chi connectivity index (χ0) is 19.3. The molecule has 0 heterocycles. The van der Waals surface area contributed by atoms with Crippen molar-refractivity contribution in [2.24, 2.45) is 0 Å². The smallest absolute Gasteiger partial charge is 0.337 e. The van der Waals surface area contributed by atoms with Crippen LogP contribution in [0.5, 0.6) is 0 Å². The maximum Gasteiger partial charge on any atom is 0.337 e. The summed E-state index contributed by atoms with van der Waals surface area (Å²) in [7, 11) is 7.14. The molecule has 0 aromatic heterocycles. The van der Waals surface area contributed by atoms with E-state index >= 15 is 0 Å². The second-order valence-corrected chi connectivity index (χ2v) is 4.87. The molecule has 1 aromatic carbocycles. The lowest BCUT2D eigenvalue weighted by Gasteiger charge is -2.23. The number of benzene rings is 1. The van der Waals surface area contributed by atoms with E-state index in [1.165, 1.54) is 13.2 Å². The lowest BCUT2D eigenvalue weighted by atomic mass is 10.1. The molecule has 0 unspecified atom stereocenters. The van der Waals surface area contributed by atoms with Gasteiger partial charge in [-0.05, 0) is 32.3 Å². The fourth-order valence-electron chi connectivity index (χ4n) is 1.69. The van der Waals surface area contributed by atoms with Crippen molar-refractivity contribution < 1.29 is 9.53 Å². The minimum atomic E-state index is -0.434. The Hall–Kier alpha value is -2.08. The number of ether oxygens (including phenoxy) is 1. The minimum absolute atomic E-state index is 0.334. The Bertz CT molecular complexity index is 502. The number of nitrogens with one attached hydrogen (secondary N) is 1. The van der Waals surface area contributed by atoms with Gasteiger partial charge < -0.3 is 20.3 Å². The topological polar surface area (TPSA) is 82.7 Å². The number of nitrogen functional groups attached to an aromatic ring is 1. The Balaban J connectivity index is 0. The van der Waals surface area contributed by atoms with Crippen LogP contribution in [0.25, 0.3) is 0 Å². The summed E-state index contributed by atoms with van der Waals surface area (Å²) in [5, 5.41) is 8.15. The molecule has 1 rings (SSSR count). The highest BCUT2D eigenvalue weighted by molar-refractivity contribution is 6.02. The van der Waals surface area contributed by atoms with E-state index in [4.69, 9.17) is 11.1 Å². The number of carbonyl (C=O) groups is 1. The Labute approximate surface area is 147 Å². The molecule has 24 heavy (non-hydrogen) atoms. The van der Waals surface area contributed by atoms with Gasteiger partial charge in [0.2, 0.25) is 0 Å². The van der Waals surface area contributed by atoms with Crippen molar-refractivity contribution in [3.05, 3.63) is 29.3 Å². The molecular formula is C18H34N4O2. The van der Waals surface area contributed by atoms with Crippen LogP contribution in [0.1, 0.15) is 43.6 Å². The van der Waals surface area contributed by atoms with Crippen LogP contribution < -0.4 is 5.73 Å². The van der Waals surface area contributed by atoms with Crippen LogP contribution in [0.2, 0.25) is 0 Å². The van der Waals surface area contributed by atoms with Crippen molar-refractivity contribution in [2.75, 3.05) is 47.1 Å². The summed E-state index contributed by atoms with van der Waals surface area (Å²) < 4.78 is 4.64. The van der Waals surface area contributed by atoms with Crippen LogP contribution in [0.3, 0.4) is 0 Å². The number of hydrogen-bond donors (Lipinski definition) is 2. The van der Waals surface area contributed by atoms with Crippen LogP contribution in [-0.4, -0.2) is 62.9 Å². The monoisotopic (exact) mass is 338 g/mol. The molecule has 0 fully saturated rings. The highest BCUT2D eigenvalue weighted by Crippen LogP contribution is 2.16. The molecule has 0 saturated heterocycles. The largest absolute Gasteiger partial charge is 0.465 e. The molecule has 0 bridgehead atoms. The number of carbonyl (C=O) groups excluding carboxylic acids is 1. The quantitative estimate of drug-likeness (QED) is 0.373. The second kappa shape index (κ2) is 13.4. The van der Waals surface area contributed by atoms with Crippen LogP contribution in [0.4, 0.5) is 5.69 Å². The number of methoxy groups -OCH3 is 1. The summed E-state index contributed by atoms with van der Waals surface area (Å²) in [5.41, 5.74) is 7.32. The van der Waals surface area contributed by atoms with E-state index in [9.17, 15) is 4.79 Å². The van der Waals surface area contributed by atoms with Gasteiger partial charge in [0.05, 0.1) is 12.7 Å². The first-order valence-electron chi connectivity index (χ1n) is 8.29. The number of nitrogens with zero attached hydrogens (tertiary/aromatic N) is 2. The Kier molecular flexibility index (Phi) is 13.5. The van der Waals surface area contributed by atoms with Gasteiger partial charge >= 0.3 is 5.97 Å². The molecule has 3 N–H and O–H groups in total. The molecule has 0 amide bonds. The number of hydrogen-bond acceptors (Lipinski definition) is 5. The average Bonchev–Trinajstić information content (AvgIpc) is 2.61. The zero-order valence-corrected chi connectivity index (χ0v) is 16.4. The molecule has 0 aliphatic rings. The second-order valence-electron chi connectivity index (χ2n) is 4.87. The van der Waals surface area contributed by atoms with Crippen molar-refractivity contribution in [1.29, 1.82) is 5.41 Å². The predicted molar refractivity (Wildman–Crippen MR) is 103 cm³/mol. The standard InChI is InChI=1S/C14H22N4O2.2C2H6/c1-17(2)7-8-18(3)13(16)11-6-5-10(9-12(11)15)14(19)20-4;2*1-2/h5-6,9,16H,7-8,15H2,1-4H3;2*1-2H3. The van der Waals surface area contributed by atoms with E-state index in [2.05, 4.69) is 4.74 Å². The van der Waals surface area contributed by atoms with Crippen LogP contribution >= 0.6 is 0 Å². The molecule has 0 spiro atoms. The fraction of sp³-hybridized carbons (Fsp3) is 0.556. The zero-order valence-electron chi connectivity index (χ0n) is 16.4. The lowest BCUT2D eigenvalue weighted by molar-refractivity contribution is 0.0601. The van der Waals surface area contributed by atoms with Gasteiger partial charge in [-0.3, -0.25) is 5.41 Å². The van der Waals surface area contributed by atoms with E-state index in [-0.39, 0.29) is 0 Å². The van der Waals surface area contributed by atoms with Gasteiger partial charge in [0.25, 0.3) is 0 Å². The summed E-state index contributed by atoms with van der Waals surface area (Å²) in [6.45, 7) is 9.57. The van der Waals surface area contributed by atoms with Crippen molar-refractivity contribution in [3.63, 3.8) is 0 Å². The van der Waals surface area contributed by atoms with Gasteiger partial charge in [-0.2, -0.15) is 0 Å². The maximum atomic E-state index is 11.4. The number of amidine groups is 1. The van der Waals surface area contributed by atoms with E-state index in [0.29, 0.717) is 22.6 Å². The third-order valence-corrected chi connectivity index (χ3v) is 2.99. The molecule has 0 aliphatic heterocycles. The SMILES string of the molecule is CC.CC.COC(=O)c1ccc(C(=N)N(C)CCN(C)C)c(N)c1. The molecule has 0 aliphatic carbocycles. The lowest BCUT2D eigenvalue weighted by Crippen LogP contribution is -2.33. The first kappa shape index (κ1) is 24.2. The van der Waals surface area contributed by atoms with Gasteiger partial charge in [-0.25, -0.2) is 4.79 Å². The molecule has 0 atom stereocenters. The number of anilines is 1. The molecule has 6 nitrogen and oxygen atoms in total. The Morgan fingerprint density at radius 3 is 2.08 bits per heavy atom. The van der Waals surface area contributed by atoms with Crippen LogP contribution in [0.15, 0.2) is 18.2 Å². The van der Waals surface area contributed by atoms with Crippen molar-refractivity contribution in [2.45, 2.75) is 27.7 Å². The number of likely N-dealkylation sites (N-methyl/N-ethyl adjacent to an activating group) is 2. The summed E-state index contributed by atoms with van der Waals surface area (Å²) in [6.07, 6.45) is 0. The number of nitrogens with two attached hydrogens (primary N) is 1. The van der Waals surface area contributed by atoms with E-state index < -0.39 is 5.97 Å². The first-order valence-corrected chi connectivity index (χ1v) is 8.29. The summed E-state index contributed by atoms with van der Waals surface area (Å²) in [6, 6.07) is 4.83. The van der Waals surface area contributed by atoms with Crippen LogP contribution in [0, 0.1) is 5.41 Å². The van der Waals surface area contributed by atoms with Crippen LogP contribution in [-0.2, 0) is 4.74 Å². The molecule has 6 heteroatoms. The number of esters is 1. The van der Waals surface area contributed by atoms with Gasteiger partial charge in [0, 0.05) is 31.4 Å². The fourth-order valence-corrected chi connectivity index (χ4v) is 1.69. The van der Waals surface area contributed by atoms with Gasteiger partial charge in [0.15, 0.2) is 0 Å². The Morgan fingerprint density at radius 1 is 1.12 bits per heavy atom. The maximum absolute atomic E-state index is 11.4.